The summed E-state index contributed by atoms with van der Waals surface area (Å²) >= 11 is 0. The van der Waals surface area contributed by atoms with Crippen LogP contribution < -0.4 is 10.6 Å². The summed E-state index contributed by atoms with van der Waals surface area (Å²) in [7, 11) is 0. The SMILES string of the molecule is Cc1cccc(CNCCNC(=O)C(C)C)c1. The van der Waals surface area contributed by atoms with E-state index < -0.39 is 0 Å². The molecule has 94 valence electrons. The van der Waals surface area contributed by atoms with Gasteiger partial charge in [-0.2, -0.15) is 0 Å². The summed E-state index contributed by atoms with van der Waals surface area (Å²) in [4.78, 5) is 11.3. The molecule has 2 N–H and O–H groups in total. The van der Waals surface area contributed by atoms with Crippen molar-refractivity contribution < 1.29 is 4.79 Å². The molecule has 0 heterocycles. The number of aryl methyl sites for hydroxylation is 1. The number of rotatable bonds is 6. The van der Waals surface area contributed by atoms with Gasteiger partial charge in [0, 0.05) is 25.6 Å². The van der Waals surface area contributed by atoms with Crippen LogP contribution in [-0.4, -0.2) is 19.0 Å². The van der Waals surface area contributed by atoms with Crippen molar-refractivity contribution in [2.75, 3.05) is 13.1 Å². The molecule has 1 aromatic rings. The molecule has 0 aliphatic heterocycles. The van der Waals surface area contributed by atoms with Gasteiger partial charge in [0.05, 0.1) is 0 Å². The molecule has 0 spiro atoms. The predicted molar refractivity (Wildman–Crippen MR) is 70.7 cm³/mol. The van der Waals surface area contributed by atoms with Gasteiger partial charge in [-0.25, -0.2) is 0 Å². The predicted octanol–water partition coefficient (Wildman–Crippen LogP) is 1.86. The normalized spacial score (nSPS) is 10.6. The van der Waals surface area contributed by atoms with Crippen molar-refractivity contribution >= 4 is 5.91 Å². The van der Waals surface area contributed by atoms with Gasteiger partial charge in [0.15, 0.2) is 0 Å². The summed E-state index contributed by atoms with van der Waals surface area (Å²) in [6.07, 6.45) is 0. The van der Waals surface area contributed by atoms with Crippen LogP contribution in [0.3, 0.4) is 0 Å². The summed E-state index contributed by atoms with van der Waals surface area (Å²) in [6.45, 7) is 8.21. The average molecular weight is 234 g/mol. The Morgan fingerprint density at radius 2 is 2.06 bits per heavy atom. The standard InChI is InChI=1S/C14H22N2O/c1-11(2)14(17)16-8-7-15-10-13-6-4-5-12(3)9-13/h4-6,9,11,15H,7-8,10H2,1-3H3,(H,16,17). The Labute approximate surface area is 104 Å². The smallest absolute Gasteiger partial charge is 0.222 e. The summed E-state index contributed by atoms with van der Waals surface area (Å²) in [6, 6.07) is 8.42. The highest BCUT2D eigenvalue weighted by Gasteiger charge is 2.04. The van der Waals surface area contributed by atoms with Crippen LogP contribution in [0.4, 0.5) is 0 Å². The number of hydrogen-bond donors (Lipinski definition) is 2. The molecular formula is C14H22N2O. The lowest BCUT2D eigenvalue weighted by Gasteiger charge is -2.09. The molecule has 1 rings (SSSR count). The van der Waals surface area contributed by atoms with Gasteiger partial charge in [0.1, 0.15) is 0 Å². The van der Waals surface area contributed by atoms with Crippen LogP contribution in [0.15, 0.2) is 24.3 Å². The van der Waals surface area contributed by atoms with Crippen LogP contribution in [0.2, 0.25) is 0 Å². The van der Waals surface area contributed by atoms with Crippen LogP contribution in [0.25, 0.3) is 0 Å². The van der Waals surface area contributed by atoms with E-state index in [0.29, 0.717) is 6.54 Å². The first-order valence-electron chi connectivity index (χ1n) is 6.13. The highest BCUT2D eigenvalue weighted by atomic mass is 16.1. The van der Waals surface area contributed by atoms with Crippen molar-refractivity contribution in [2.24, 2.45) is 5.92 Å². The second-order valence-electron chi connectivity index (χ2n) is 4.61. The molecule has 1 amide bonds. The molecule has 0 aromatic heterocycles. The molecule has 0 bridgehead atoms. The van der Waals surface area contributed by atoms with Crippen molar-refractivity contribution in [1.29, 1.82) is 0 Å². The van der Waals surface area contributed by atoms with Crippen molar-refractivity contribution in [3.05, 3.63) is 35.4 Å². The maximum Gasteiger partial charge on any atom is 0.222 e. The Hall–Kier alpha value is -1.35. The van der Waals surface area contributed by atoms with Crippen LogP contribution in [-0.2, 0) is 11.3 Å². The number of nitrogens with one attached hydrogen (secondary N) is 2. The van der Waals surface area contributed by atoms with Crippen molar-refractivity contribution in [2.45, 2.75) is 27.3 Å². The van der Waals surface area contributed by atoms with Crippen molar-refractivity contribution in [1.82, 2.24) is 10.6 Å². The molecule has 0 unspecified atom stereocenters. The second kappa shape index (κ2) is 7.07. The number of carbonyl (C=O) groups is 1. The third kappa shape index (κ3) is 5.50. The number of benzene rings is 1. The lowest BCUT2D eigenvalue weighted by molar-refractivity contribution is -0.123. The molecule has 0 fully saturated rings. The minimum absolute atomic E-state index is 0.0618. The molecule has 0 aliphatic carbocycles. The Morgan fingerprint density at radius 3 is 2.71 bits per heavy atom. The fraction of sp³-hybridized carbons (Fsp3) is 0.500. The third-order valence-electron chi connectivity index (χ3n) is 2.54. The lowest BCUT2D eigenvalue weighted by Crippen LogP contribution is -2.34. The lowest BCUT2D eigenvalue weighted by atomic mass is 10.1. The quantitative estimate of drug-likeness (QED) is 0.738. The summed E-state index contributed by atoms with van der Waals surface area (Å²) in [5.74, 6) is 0.175. The summed E-state index contributed by atoms with van der Waals surface area (Å²) in [5, 5.41) is 6.19. The van der Waals surface area contributed by atoms with Crippen LogP contribution >= 0.6 is 0 Å². The largest absolute Gasteiger partial charge is 0.355 e. The molecule has 3 heteroatoms. The number of hydrogen-bond acceptors (Lipinski definition) is 2. The molecule has 0 saturated carbocycles. The van der Waals surface area contributed by atoms with Crippen LogP contribution in [0.1, 0.15) is 25.0 Å². The Kier molecular flexibility index (Phi) is 5.70. The van der Waals surface area contributed by atoms with E-state index in [1.165, 1.54) is 11.1 Å². The second-order valence-corrected chi connectivity index (χ2v) is 4.61. The topological polar surface area (TPSA) is 41.1 Å². The molecule has 3 nitrogen and oxygen atoms in total. The fourth-order valence-corrected chi connectivity index (χ4v) is 1.53. The average Bonchev–Trinajstić information content (AvgIpc) is 2.28. The van der Waals surface area contributed by atoms with E-state index in [9.17, 15) is 4.79 Å². The highest BCUT2D eigenvalue weighted by molar-refractivity contribution is 5.77. The molecule has 0 radical (unpaired) electrons. The minimum Gasteiger partial charge on any atom is -0.355 e. The van der Waals surface area contributed by atoms with Gasteiger partial charge in [-0.1, -0.05) is 43.7 Å². The molecule has 17 heavy (non-hydrogen) atoms. The van der Waals surface area contributed by atoms with Gasteiger partial charge < -0.3 is 10.6 Å². The monoisotopic (exact) mass is 234 g/mol. The Bertz CT molecular complexity index is 361. The third-order valence-corrected chi connectivity index (χ3v) is 2.54. The first-order chi connectivity index (χ1) is 8.09. The van der Waals surface area contributed by atoms with Gasteiger partial charge >= 0.3 is 0 Å². The number of carbonyl (C=O) groups excluding carboxylic acids is 1. The van der Waals surface area contributed by atoms with E-state index in [2.05, 4.69) is 41.8 Å². The van der Waals surface area contributed by atoms with Crippen molar-refractivity contribution in [3.8, 4) is 0 Å². The number of amides is 1. The zero-order chi connectivity index (χ0) is 12.7. The van der Waals surface area contributed by atoms with E-state index in [0.717, 1.165) is 13.1 Å². The van der Waals surface area contributed by atoms with E-state index in [4.69, 9.17) is 0 Å². The zero-order valence-electron chi connectivity index (χ0n) is 10.9. The molecule has 1 aromatic carbocycles. The molecule has 0 saturated heterocycles. The van der Waals surface area contributed by atoms with Gasteiger partial charge in [0.2, 0.25) is 5.91 Å². The van der Waals surface area contributed by atoms with Gasteiger partial charge in [-0.3, -0.25) is 4.79 Å². The molecule has 0 aliphatic rings. The minimum atomic E-state index is 0.0618. The van der Waals surface area contributed by atoms with E-state index in [1.54, 1.807) is 0 Å². The maximum atomic E-state index is 11.3. The summed E-state index contributed by atoms with van der Waals surface area (Å²) < 4.78 is 0. The van der Waals surface area contributed by atoms with Gasteiger partial charge in [-0.15, -0.1) is 0 Å². The van der Waals surface area contributed by atoms with Gasteiger partial charge in [-0.05, 0) is 12.5 Å². The molecular weight excluding hydrogens is 212 g/mol. The van der Waals surface area contributed by atoms with Crippen molar-refractivity contribution in [3.63, 3.8) is 0 Å². The fourth-order valence-electron chi connectivity index (χ4n) is 1.53. The van der Waals surface area contributed by atoms with Gasteiger partial charge in [0.25, 0.3) is 0 Å². The first-order valence-corrected chi connectivity index (χ1v) is 6.13. The highest BCUT2D eigenvalue weighted by Crippen LogP contribution is 2.02. The zero-order valence-corrected chi connectivity index (χ0v) is 10.9. The first kappa shape index (κ1) is 13.7. The van der Waals surface area contributed by atoms with E-state index in [-0.39, 0.29) is 11.8 Å². The molecule has 0 atom stereocenters. The Morgan fingerprint density at radius 1 is 1.29 bits per heavy atom. The van der Waals surface area contributed by atoms with E-state index in [1.807, 2.05) is 13.8 Å². The van der Waals surface area contributed by atoms with E-state index >= 15 is 0 Å². The summed E-state index contributed by atoms with van der Waals surface area (Å²) in [5.41, 5.74) is 2.55. The Balaban J connectivity index is 2.14. The van der Waals surface area contributed by atoms with Crippen LogP contribution in [0, 0.1) is 12.8 Å². The van der Waals surface area contributed by atoms with Crippen LogP contribution in [0.5, 0.6) is 0 Å². The maximum absolute atomic E-state index is 11.3.